The molecule has 21 heavy (non-hydrogen) atoms. The van der Waals surface area contributed by atoms with E-state index in [9.17, 15) is 4.39 Å². The van der Waals surface area contributed by atoms with E-state index >= 15 is 0 Å². The van der Waals surface area contributed by atoms with Gasteiger partial charge in [0, 0.05) is 31.4 Å². The molecule has 0 aliphatic heterocycles. The van der Waals surface area contributed by atoms with Gasteiger partial charge in [-0.1, -0.05) is 26.3 Å². The van der Waals surface area contributed by atoms with E-state index in [0.717, 1.165) is 31.6 Å². The Morgan fingerprint density at radius 1 is 1.19 bits per heavy atom. The van der Waals surface area contributed by atoms with Crippen LogP contribution in [0.25, 0.3) is 0 Å². The van der Waals surface area contributed by atoms with Crippen molar-refractivity contribution in [3.8, 4) is 0 Å². The first-order valence-corrected chi connectivity index (χ1v) is 7.87. The predicted molar refractivity (Wildman–Crippen MR) is 90.4 cm³/mol. The Bertz CT molecular complexity index is 439. The minimum absolute atomic E-state index is 0.117. The van der Waals surface area contributed by atoms with Crippen molar-refractivity contribution < 1.29 is 4.39 Å². The number of halogens is 1. The normalized spacial score (nSPS) is 14.8. The molecule has 1 atom stereocenters. The van der Waals surface area contributed by atoms with E-state index in [2.05, 4.69) is 44.8 Å². The molecule has 0 bridgehead atoms. The molecule has 1 aromatic carbocycles. The number of hydrogen-bond donors (Lipinski definition) is 1. The van der Waals surface area contributed by atoms with Crippen molar-refractivity contribution in [1.82, 2.24) is 5.32 Å². The Balaban J connectivity index is 2.76. The van der Waals surface area contributed by atoms with Gasteiger partial charge in [0.05, 0.1) is 0 Å². The van der Waals surface area contributed by atoms with Crippen LogP contribution in [0.2, 0.25) is 0 Å². The second-order valence-corrected chi connectivity index (χ2v) is 7.50. The molecule has 0 amide bonds. The minimum Gasteiger partial charge on any atom is -0.374 e. The average molecular weight is 294 g/mol. The van der Waals surface area contributed by atoms with Gasteiger partial charge in [-0.25, -0.2) is 4.39 Å². The number of rotatable bonds is 7. The lowest BCUT2D eigenvalue weighted by Crippen LogP contribution is -2.47. The van der Waals surface area contributed by atoms with Crippen LogP contribution < -0.4 is 10.2 Å². The molecule has 120 valence electrons. The summed E-state index contributed by atoms with van der Waals surface area (Å²) >= 11 is 0. The van der Waals surface area contributed by atoms with Crippen LogP contribution in [0.15, 0.2) is 24.3 Å². The van der Waals surface area contributed by atoms with Crippen molar-refractivity contribution in [2.75, 3.05) is 25.0 Å². The van der Waals surface area contributed by atoms with Crippen LogP contribution in [0.4, 0.5) is 10.1 Å². The molecule has 0 aliphatic carbocycles. The molecule has 1 unspecified atom stereocenters. The third-order valence-corrected chi connectivity index (χ3v) is 3.77. The zero-order valence-corrected chi connectivity index (χ0v) is 14.5. The minimum atomic E-state index is -0.177. The molecule has 0 aliphatic rings. The molecular formula is C18H31FN2. The quantitative estimate of drug-likeness (QED) is 0.799. The summed E-state index contributed by atoms with van der Waals surface area (Å²) in [6.45, 7) is 13.0. The van der Waals surface area contributed by atoms with Gasteiger partial charge in [0.2, 0.25) is 0 Å². The van der Waals surface area contributed by atoms with Gasteiger partial charge in [-0.15, -0.1) is 0 Å². The molecule has 0 fully saturated rings. The standard InChI is InChI=1S/C18H31FN2/c1-7-11-18(5,13-20-17(2,3)4)14-21(6)16-10-8-9-15(19)12-16/h8-10,12,20H,7,11,13-14H2,1-6H3. The third kappa shape index (κ3) is 6.47. The zero-order valence-electron chi connectivity index (χ0n) is 14.5. The topological polar surface area (TPSA) is 15.3 Å². The fourth-order valence-electron chi connectivity index (χ4n) is 2.68. The number of nitrogens with zero attached hydrogens (tertiary/aromatic N) is 1. The Hall–Kier alpha value is -1.09. The lowest BCUT2D eigenvalue weighted by atomic mass is 9.84. The molecule has 1 rings (SSSR count). The Labute approximate surface area is 129 Å². The smallest absolute Gasteiger partial charge is 0.125 e. The molecule has 0 heterocycles. The number of hydrogen-bond acceptors (Lipinski definition) is 2. The average Bonchev–Trinajstić information content (AvgIpc) is 2.36. The third-order valence-electron chi connectivity index (χ3n) is 3.77. The van der Waals surface area contributed by atoms with Crippen LogP contribution in [0.1, 0.15) is 47.5 Å². The summed E-state index contributed by atoms with van der Waals surface area (Å²) in [7, 11) is 2.04. The van der Waals surface area contributed by atoms with Crippen molar-refractivity contribution in [2.45, 2.75) is 53.0 Å². The predicted octanol–water partition coefficient (Wildman–Crippen LogP) is 4.46. The monoisotopic (exact) mass is 294 g/mol. The van der Waals surface area contributed by atoms with Gasteiger partial charge in [0.25, 0.3) is 0 Å². The second-order valence-electron chi connectivity index (χ2n) is 7.50. The molecular weight excluding hydrogens is 263 g/mol. The van der Waals surface area contributed by atoms with Crippen molar-refractivity contribution in [3.63, 3.8) is 0 Å². The Morgan fingerprint density at radius 3 is 2.38 bits per heavy atom. The maximum absolute atomic E-state index is 13.4. The van der Waals surface area contributed by atoms with Crippen molar-refractivity contribution in [1.29, 1.82) is 0 Å². The van der Waals surface area contributed by atoms with E-state index in [-0.39, 0.29) is 16.8 Å². The first-order chi connectivity index (χ1) is 9.65. The summed E-state index contributed by atoms with van der Waals surface area (Å²) in [5.74, 6) is -0.177. The van der Waals surface area contributed by atoms with Gasteiger partial charge < -0.3 is 10.2 Å². The van der Waals surface area contributed by atoms with E-state index in [1.54, 1.807) is 12.1 Å². The highest BCUT2D eigenvalue weighted by molar-refractivity contribution is 5.45. The van der Waals surface area contributed by atoms with Crippen LogP contribution in [-0.2, 0) is 0 Å². The van der Waals surface area contributed by atoms with E-state index in [1.165, 1.54) is 6.07 Å². The fraction of sp³-hybridized carbons (Fsp3) is 0.667. The first kappa shape index (κ1) is 18.0. The first-order valence-electron chi connectivity index (χ1n) is 7.87. The van der Waals surface area contributed by atoms with Gasteiger partial charge >= 0.3 is 0 Å². The highest BCUT2D eigenvalue weighted by Gasteiger charge is 2.27. The van der Waals surface area contributed by atoms with Gasteiger partial charge in [-0.05, 0) is 50.8 Å². The maximum Gasteiger partial charge on any atom is 0.125 e. The van der Waals surface area contributed by atoms with Gasteiger partial charge in [0.15, 0.2) is 0 Å². The number of nitrogens with one attached hydrogen (secondary N) is 1. The van der Waals surface area contributed by atoms with Crippen molar-refractivity contribution in [2.24, 2.45) is 5.41 Å². The SMILES string of the molecule is CCCC(C)(CNC(C)(C)C)CN(C)c1cccc(F)c1. The molecule has 0 radical (unpaired) electrons. The Morgan fingerprint density at radius 2 is 1.86 bits per heavy atom. The number of benzene rings is 1. The molecule has 1 N–H and O–H groups in total. The largest absolute Gasteiger partial charge is 0.374 e. The van der Waals surface area contributed by atoms with Crippen molar-refractivity contribution >= 4 is 5.69 Å². The van der Waals surface area contributed by atoms with Gasteiger partial charge in [0.1, 0.15) is 5.82 Å². The van der Waals surface area contributed by atoms with Gasteiger partial charge in [-0.2, -0.15) is 0 Å². The lowest BCUT2D eigenvalue weighted by molar-refractivity contribution is 0.251. The van der Waals surface area contributed by atoms with Crippen LogP contribution in [-0.4, -0.2) is 25.7 Å². The second kappa shape index (κ2) is 7.26. The van der Waals surface area contributed by atoms with E-state index in [1.807, 2.05) is 13.1 Å². The molecule has 2 nitrogen and oxygen atoms in total. The zero-order chi connectivity index (χ0) is 16.1. The highest BCUT2D eigenvalue weighted by atomic mass is 19.1. The van der Waals surface area contributed by atoms with E-state index in [4.69, 9.17) is 0 Å². The molecule has 3 heteroatoms. The summed E-state index contributed by atoms with van der Waals surface area (Å²) < 4.78 is 13.4. The molecule has 1 aromatic rings. The van der Waals surface area contributed by atoms with Crippen LogP contribution in [0.5, 0.6) is 0 Å². The molecule has 0 saturated carbocycles. The highest BCUT2D eigenvalue weighted by Crippen LogP contribution is 2.27. The Kier molecular flexibility index (Phi) is 6.21. The molecule has 0 aromatic heterocycles. The maximum atomic E-state index is 13.4. The summed E-state index contributed by atoms with van der Waals surface area (Å²) in [4.78, 5) is 2.16. The van der Waals surface area contributed by atoms with E-state index < -0.39 is 0 Å². The van der Waals surface area contributed by atoms with Gasteiger partial charge in [-0.3, -0.25) is 0 Å². The summed E-state index contributed by atoms with van der Waals surface area (Å²) in [6.07, 6.45) is 2.30. The van der Waals surface area contributed by atoms with Crippen LogP contribution in [0, 0.1) is 11.2 Å². The summed E-state index contributed by atoms with van der Waals surface area (Å²) in [5.41, 5.74) is 1.23. The van der Waals surface area contributed by atoms with Crippen molar-refractivity contribution in [3.05, 3.63) is 30.1 Å². The lowest BCUT2D eigenvalue weighted by Gasteiger charge is -2.37. The summed E-state index contributed by atoms with van der Waals surface area (Å²) in [5, 5.41) is 3.61. The van der Waals surface area contributed by atoms with Crippen LogP contribution in [0.3, 0.4) is 0 Å². The van der Waals surface area contributed by atoms with E-state index in [0.29, 0.717) is 0 Å². The molecule has 0 spiro atoms. The number of anilines is 1. The summed E-state index contributed by atoms with van der Waals surface area (Å²) in [6, 6.07) is 6.83. The fourth-order valence-corrected chi connectivity index (χ4v) is 2.68. The van der Waals surface area contributed by atoms with Crippen LogP contribution >= 0.6 is 0 Å². The molecule has 0 saturated heterocycles.